The normalized spacial score (nSPS) is 11.4. The number of nitrogens with zero attached hydrogens (tertiary/aromatic N) is 1. The molecule has 0 aromatic heterocycles. The van der Waals surface area contributed by atoms with Crippen molar-refractivity contribution in [3.05, 3.63) is 22.2 Å². The van der Waals surface area contributed by atoms with E-state index in [2.05, 4.69) is 9.47 Å². The summed E-state index contributed by atoms with van der Waals surface area (Å²) in [4.78, 5) is 8.79. The van der Waals surface area contributed by atoms with Crippen molar-refractivity contribution in [3.63, 3.8) is 0 Å². The van der Waals surface area contributed by atoms with Gasteiger partial charge in [-0.25, -0.2) is 8.42 Å². The summed E-state index contributed by atoms with van der Waals surface area (Å²) in [6.07, 6.45) is 0. The lowest BCUT2D eigenvalue weighted by molar-refractivity contribution is -0.385. The van der Waals surface area contributed by atoms with E-state index in [1.54, 1.807) is 0 Å². The molecule has 0 atom stereocenters. The topological polar surface area (TPSA) is 95.7 Å². The van der Waals surface area contributed by atoms with E-state index in [1.807, 2.05) is 0 Å². The van der Waals surface area contributed by atoms with Crippen LogP contribution in [0.25, 0.3) is 0 Å². The van der Waals surface area contributed by atoms with Crippen LogP contribution in [0.4, 0.5) is 14.5 Å². The molecule has 0 N–H and O–H groups in total. The average Bonchev–Trinajstić information content (AvgIpc) is 2.25. The molecule has 0 radical (unpaired) electrons. The van der Waals surface area contributed by atoms with Gasteiger partial charge < -0.3 is 9.47 Å². The third-order valence-electron chi connectivity index (χ3n) is 1.90. The van der Waals surface area contributed by atoms with Crippen LogP contribution in [-0.2, 0) is 9.05 Å². The Hall–Kier alpha value is -1.68. The molecule has 0 fully saturated rings. The van der Waals surface area contributed by atoms with Gasteiger partial charge in [0.15, 0.2) is 11.5 Å². The quantitative estimate of drug-likeness (QED) is 0.469. The van der Waals surface area contributed by atoms with Crippen LogP contribution in [-0.4, -0.2) is 27.1 Å². The molecule has 1 rings (SSSR count). The molecule has 7 nitrogen and oxygen atoms in total. The average molecular weight is 318 g/mol. The van der Waals surface area contributed by atoms with Gasteiger partial charge >= 0.3 is 6.61 Å². The van der Waals surface area contributed by atoms with Gasteiger partial charge in [-0.2, -0.15) is 8.78 Å². The lowest BCUT2D eigenvalue weighted by atomic mass is 10.3. The van der Waals surface area contributed by atoms with Crippen LogP contribution in [0.2, 0.25) is 0 Å². The summed E-state index contributed by atoms with van der Waals surface area (Å²) in [6, 6.07) is 1.19. The van der Waals surface area contributed by atoms with Gasteiger partial charge in [-0.15, -0.1) is 0 Å². The largest absolute Gasteiger partial charge is 0.492 e. The highest BCUT2D eigenvalue weighted by atomic mass is 35.7. The number of nitro benzene ring substituents is 1. The van der Waals surface area contributed by atoms with Crippen molar-refractivity contribution in [2.75, 3.05) is 7.11 Å². The van der Waals surface area contributed by atoms with Crippen LogP contribution in [0.15, 0.2) is 17.0 Å². The third-order valence-corrected chi connectivity index (χ3v) is 3.23. The van der Waals surface area contributed by atoms with E-state index in [9.17, 15) is 27.3 Å². The van der Waals surface area contributed by atoms with Crippen LogP contribution in [0.1, 0.15) is 0 Å². The van der Waals surface area contributed by atoms with Gasteiger partial charge in [-0.05, 0) is 0 Å². The molecular formula is C8H6ClF2NO6S. The van der Waals surface area contributed by atoms with Gasteiger partial charge in [-0.3, -0.25) is 10.1 Å². The summed E-state index contributed by atoms with van der Waals surface area (Å²) < 4.78 is 55.4. The Morgan fingerprint density at radius 3 is 2.37 bits per heavy atom. The Bertz CT molecular complexity index is 606. The van der Waals surface area contributed by atoms with E-state index < -0.39 is 42.7 Å². The smallest absolute Gasteiger partial charge is 0.387 e. The van der Waals surface area contributed by atoms with Crippen LogP contribution in [0, 0.1) is 10.1 Å². The lowest BCUT2D eigenvalue weighted by Gasteiger charge is -2.12. The second-order valence-electron chi connectivity index (χ2n) is 3.05. The molecule has 0 bridgehead atoms. The van der Waals surface area contributed by atoms with Crippen molar-refractivity contribution in [2.24, 2.45) is 0 Å². The van der Waals surface area contributed by atoms with Gasteiger partial charge in [0.05, 0.1) is 18.1 Å². The van der Waals surface area contributed by atoms with Gasteiger partial charge in [0.1, 0.15) is 4.90 Å². The molecule has 19 heavy (non-hydrogen) atoms. The number of methoxy groups -OCH3 is 1. The molecule has 0 amide bonds. The van der Waals surface area contributed by atoms with Crippen molar-refractivity contribution in [1.29, 1.82) is 0 Å². The second-order valence-corrected chi connectivity index (χ2v) is 5.58. The van der Waals surface area contributed by atoms with Gasteiger partial charge in [0.25, 0.3) is 14.7 Å². The van der Waals surface area contributed by atoms with Crippen LogP contribution in [0.5, 0.6) is 11.5 Å². The molecule has 0 unspecified atom stereocenters. The van der Waals surface area contributed by atoms with E-state index in [0.717, 1.165) is 7.11 Å². The maximum absolute atomic E-state index is 12.2. The highest BCUT2D eigenvalue weighted by molar-refractivity contribution is 8.13. The van der Waals surface area contributed by atoms with Crippen LogP contribution >= 0.6 is 10.7 Å². The molecule has 0 aliphatic carbocycles. The van der Waals surface area contributed by atoms with Gasteiger partial charge in [0, 0.05) is 16.7 Å². The first-order valence-electron chi connectivity index (χ1n) is 4.42. The van der Waals surface area contributed by atoms with Gasteiger partial charge in [0.2, 0.25) is 0 Å². The number of hydrogen-bond donors (Lipinski definition) is 0. The third kappa shape index (κ3) is 3.64. The monoisotopic (exact) mass is 317 g/mol. The predicted molar refractivity (Wildman–Crippen MR) is 59.3 cm³/mol. The van der Waals surface area contributed by atoms with Crippen molar-refractivity contribution < 1.29 is 31.6 Å². The highest BCUT2D eigenvalue weighted by Crippen LogP contribution is 2.40. The summed E-state index contributed by atoms with van der Waals surface area (Å²) in [5, 5.41) is 10.6. The molecule has 0 saturated carbocycles. The molecule has 0 aliphatic heterocycles. The molecule has 1 aromatic carbocycles. The molecule has 0 spiro atoms. The molecule has 0 heterocycles. The number of non-ortho nitro benzene ring substituents is 1. The standard InChI is InChI=1S/C8H6ClF2NO6S/c1-17-7-5(18-8(10)11)2-4(12(13)14)3-6(7)19(9,15)16/h2-3,8H,1H3. The SMILES string of the molecule is COc1c(OC(F)F)cc([N+](=O)[O-])cc1S(=O)(=O)Cl. The Kier molecular flexibility index (Phi) is 4.48. The molecule has 1 aromatic rings. The maximum atomic E-state index is 12.2. The number of rotatable bonds is 5. The van der Waals surface area contributed by atoms with Crippen molar-refractivity contribution in [1.82, 2.24) is 0 Å². The molecule has 106 valence electrons. The van der Waals surface area contributed by atoms with Crippen molar-refractivity contribution >= 4 is 25.4 Å². The number of halogens is 3. The number of nitro groups is 1. The predicted octanol–water partition coefficient (Wildman–Crippen LogP) is 2.13. The minimum atomic E-state index is -4.44. The summed E-state index contributed by atoms with van der Waals surface area (Å²) in [7, 11) is 1.59. The first-order chi connectivity index (χ1) is 8.66. The lowest BCUT2D eigenvalue weighted by Crippen LogP contribution is -2.07. The van der Waals surface area contributed by atoms with Crippen LogP contribution in [0.3, 0.4) is 0 Å². The van der Waals surface area contributed by atoms with Crippen molar-refractivity contribution in [3.8, 4) is 11.5 Å². The zero-order valence-corrected chi connectivity index (χ0v) is 10.7. The van der Waals surface area contributed by atoms with Crippen molar-refractivity contribution in [2.45, 2.75) is 11.5 Å². The first-order valence-corrected chi connectivity index (χ1v) is 6.73. The number of ether oxygens (including phenoxy) is 2. The van der Waals surface area contributed by atoms with E-state index >= 15 is 0 Å². The molecule has 0 aliphatic rings. The van der Waals surface area contributed by atoms with Gasteiger partial charge in [-0.1, -0.05) is 0 Å². The van der Waals surface area contributed by atoms with E-state index in [4.69, 9.17) is 10.7 Å². The zero-order chi connectivity index (χ0) is 14.8. The fourth-order valence-electron chi connectivity index (χ4n) is 1.23. The van der Waals surface area contributed by atoms with E-state index in [0.29, 0.717) is 12.1 Å². The fraction of sp³-hybridized carbons (Fsp3) is 0.250. The Labute approximate surface area is 110 Å². The number of hydrogen-bond acceptors (Lipinski definition) is 6. The Morgan fingerprint density at radius 2 is 2.00 bits per heavy atom. The summed E-state index contributed by atoms with van der Waals surface area (Å²) in [5.74, 6) is -1.44. The molecule has 0 saturated heterocycles. The number of benzene rings is 1. The van der Waals surface area contributed by atoms with E-state index in [-0.39, 0.29) is 0 Å². The minimum absolute atomic E-state index is 0.583. The summed E-state index contributed by atoms with van der Waals surface area (Å²) in [6.45, 7) is -3.32. The summed E-state index contributed by atoms with van der Waals surface area (Å²) >= 11 is 0. The highest BCUT2D eigenvalue weighted by Gasteiger charge is 2.27. The van der Waals surface area contributed by atoms with Crippen LogP contribution < -0.4 is 9.47 Å². The fourth-order valence-corrected chi connectivity index (χ4v) is 2.24. The molecule has 11 heteroatoms. The Balaban J connectivity index is 3.61. The number of alkyl halides is 2. The van der Waals surface area contributed by atoms with E-state index in [1.165, 1.54) is 0 Å². The zero-order valence-electron chi connectivity index (χ0n) is 9.17. The first kappa shape index (κ1) is 15.4. The Morgan fingerprint density at radius 1 is 1.42 bits per heavy atom. The maximum Gasteiger partial charge on any atom is 0.387 e. The molecular weight excluding hydrogens is 312 g/mol. The summed E-state index contributed by atoms with van der Waals surface area (Å²) in [5.41, 5.74) is -0.782. The minimum Gasteiger partial charge on any atom is -0.492 e. The second kappa shape index (κ2) is 5.53.